The van der Waals surface area contributed by atoms with Crippen LogP contribution in [0.1, 0.15) is 43.9 Å². The first-order chi connectivity index (χ1) is 18.0. The van der Waals surface area contributed by atoms with Crippen LogP contribution in [0.5, 0.6) is 0 Å². The van der Waals surface area contributed by atoms with Crippen LogP contribution >= 0.6 is 11.8 Å². The Kier molecular flexibility index (Phi) is 9.13. The Balaban J connectivity index is 1.45. The first-order valence-electron chi connectivity index (χ1n) is 12.3. The van der Waals surface area contributed by atoms with Crippen LogP contribution in [0.4, 0.5) is 5.69 Å². The van der Waals surface area contributed by atoms with Crippen molar-refractivity contribution in [3.63, 3.8) is 0 Å². The zero-order chi connectivity index (χ0) is 26.2. The van der Waals surface area contributed by atoms with Gasteiger partial charge >= 0.3 is 0 Å². The monoisotopic (exact) mass is 525 g/mol. The average molecular weight is 526 g/mol. The number of hydrogen-bond acceptors (Lipinski definition) is 8. The van der Waals surface area contributed by atoms with E-state index < -0.39 is 11.3 Å². The van der Waals surface area contributed by atoms with Crippen molar-refractivity contribution in [2.75, 3.05) is 20.3 Å². The van der Waals surface area contributed by atoms with E-state index in [0.29, 0.717) is 42.0 Å². The summed E-state index contributed by atoms with van der Waals surface area (Å²) in [6.45, 7) is 3.29. The van der Waals surface area contributed by atoms with Gasteiger partial charge in [0.15, 0.2) is 5.17 Å². The summed E-state index contributed by atoms with van der Waals surface area (Å²) in [5.74, 6) is 0.624. The van der Waals surface area contributed by atoms with Crippen LogP contribution in [0.25, 0.3) is 0 Å². The molecule has 2 unspecified atom stereocenters. The molecule has 0 aliphatic carbocycles. The topological polar surface area (TPSA) is 126 Å². The molecule has 2 aliphatic heterocycles. The molecule has 2 aliphatic rings. The summed E-state index contributed by atoms with van der Waals surface area (Å²) in [6.07, 6.45) is 3.24. The van der Waals surface area contributed by atoms with Gasteiger partial charge in [-0.1, -0.05) is 30.8 Å². The van der Waals surface area contributed by atoms with Crippen molar-refractivity contribution >= 4 is 46.2 Å². The number of hydrogen-bond donors (Lipinski definition) is 2. The van der Waals surface area contributed by atoms with E-state index in [4.69, 9.17) is 19.1 Å². The molecule has 37 heavy (non-hydrogen) atoms. The van der Waals surface area contributed by atoms with Gasteiger partial charge in [-0.25, -0.2) is 9.89 Å². The number of methoxy groups -OCH3 is 1. The third kappa shape index (κ3) is 6.47. The minimum Gasteiger partial charge on any atom is -0.467 e. The number of amides is 3. The number of benzene rings is 1. The first kappa shape index (κ1) is 26.6. The molecule has 11 heteroatoms. The molecule has 1 aromatic heterocycles. The van der Waals surface area contributed by atoms with E-state index in [0.717, 1.165) is 12.0 Å². The molecule has 0 saturated heterocycles. The predicted octanol–water partition coefficient (Wildman–Crippen LogP) is 3.00. The molecule has 0 fully saturated rings. The number of para-hydroxylation sites is 1. The fourth-order valence-electron chi connectivity index (χ4n) is 4.02. The maximum absolute atomic E-state index is 13.5. The van der Waals surface area contributed by atoms with E-state index in [9.17, 15) is 14.4 Å². The van der Waals surface area contributed by atoms with Crippen LogP contribution in [-0.4, -0.2) is 65.2 Å². The fourth-order valence-corrected chi connectivity index (χ4v) is 5.06. The lowest BCUT2D eigenvalue weighted by atomic mass is 10.1. The Morgan fingerprint density at radius 3 is 2.81 bits per heavy atom. The number of carbonyl (C=O) groups excluding carboxylic acids is 3. The summed E-state index contributed by atoms with van der Waals surface area (Å²) in [4.78, 5) is 49.5. The molecule has 3 amide bonds. The summed E-state index contributed by atoms with van der Waals surface area (Å²) in [5.41, 5.74) is 1.45. The molecule has 1 aromatic carbocycles. The third-order valence-corrected chi connectivity index (χ3v) is 7.28. The molecule has 2 aromatic rings. The number of nitrogens with one attached hydrogen (secondary N) is 2. The molecule has 3 heterocycles. The molecule has 0 saturated carbocycles. The first-order valence-corrected chi connectivity index (χ1v) is 13.2. The van der Waals surface area contributed by atoms with Crippen molar-refractivity contribution in [1.29, 1.82) is 0 Å². The van der Waals surface area contributed by atoms with Crippen molar-refractivity contribution in [3.8, 4) is 0 Å². The molecular formula is C26H31N5O5S. The number of thioether (sulfide) groups is 1. The van der Waals surface area contributed by atoms with Gasteiger partial charge in [-0.05, 0) is 43.5 Å². The highest BCUT2D eigenvalue weighted by Crippen LogP contribution is 2.35. The lowest BCUT2D eigenvalue weighted by Gasteiger charge is -2.27. The molecule has 10 nitrogen and oxygen atoms in total. The molecule has 0 radical (unpaired) electrons. The molecule has 2 atom stereocenters. The minimum atomic E-state index is -0.704. The van der Waals surface area contributed by atoms with E-state index in [1.807, 2.05) is 31.2 Å². The van der Waals surface area contributed by atoms with Crippen LogP contribution in [0.15, 0.2) is 57.1 Å². The van der Waals surface area contributed by atoms with Gasteiger partial charge < -0.3 is 19.8 Å². The number of nitrogens with zero attached hydrogens (tertiary/aromatic N) is 3. The van der Waals surface area contributed by atoms with Gasteiger partial charge in [0, 0.05) is 32.2 Å². The standard InChI is InChI=1S/C26H31N5O5S/c1-3-21(24(33)27-13-7-14-35-2)37-26-30-19-10-5-4-9-18(19)23-29-20(25(34)31(23)26)11-12-22(32)28-16-17-8-6-15-36-17/h4-6,8-10,15,20-21H,3,7,11-14,16H2,1-2H3,(H,27,33)(H,28,32). The Labute approximate surface area is 219 Å². The number of carbonyl (C=O) groups is 3. The van der Waals surface area contributed by atoms with Gasteiger partial charge in [-0.2, -0.15) is 0 Å². The molecule has 0 spiro atoms. The van der Waals surface area contributed by atoms with Crippen molar-refractivity contribution in [1.82, 2.24) is 15.5 Å². The van der Waals surface area contributed by atoms with Gasteiger partial charge in [-0.15, -0.1) is 0 Å². The van der Waals surface area contributed by atoms with Crippen molar-refractivity contribution in [2.24, 2.45) is 9.98 Å². The maximum atomic E-state index is 13.5. The highest BCUT2D eigenvalue weighted by molar-refractivity contribution is 8.15. The largest absolute Gasteiger partial charge is 0.467 e. The van der Waals surface area contributed by atoms with Crippen LogP contribution < -0.4 is 10.6 Å². The second-order valence-corrected chi connectivity index (χ2v) is 9.77. The Morgan fingerprint density at radius 2 is 2.05 bits per heavy atom. The Hall–Kier alpha value is -3.44. The summed E-state index contributed by atoms with van der Waals surface area (Å²) < 4.78 is 10.3. The maximum Gasteiger partial charge on any atom is 0.259 e. The second kappa shape index (κ2) is 12.7. The summed E-state index contributed by atoms with van der Waals surface area (Å²) in [6, 6.07) is 10.3. The average Bonchev–Trinajstić information content (AvgIpc) is 3.55. The minimum absolute atomic E-state index is 0.111. The van der Waals surface area contributed by atoms with Crippen LogP contribution in [0.2, 0.25) is 0 Å². The van der Waals surface area contributed by atoms with E-state index in [1.165, 1.54) is 16.7 Å². The lowest BCUT2D eigenvalue weighted by molar-refractivity contribution is -0.125. The zero-order valence-corrected chi connectivity index (χ0v) is 21.8. The van der Waals surface area contributed by atoms with E-state index >= 15 is 0 Å². The molecule has 4 rings (SSSR count). The quantitative estimate of drug-likeness (QED) is 0.411. The van der Waals surface area contributed by atoms with Gasteiger partial charge in [0.2, 0.25) is 11.8 Å². The van der Waals surface area contributed by atoms with Gasteiger partial charge in [-0.3, -0.25) is 19.4 Å². The Morgan fingerprint density at radius 1 is 1.22 bits per heavy atom. The Bertz CT molecular complexity index is 1180. The third-order valence-electron chi connectivity index (χ3n) is 5.97. The zero-order valence-electron chi connectivity index (χ0n) is 20.9. The van der Waals surface area contributed by atoms with E-state index in [2.05, 4.69) is 10.6 Å². The van der Waals surface area contributed by atoms with Crippen LogP contribution in [0.3, 0.4) is 0 Å². The smallest absolute Gasteiger partial charge is 0.259 e. The number of ether oxygens (including phenoxy) is 1. The lowest BCUT2D eigenvalue weighted by Crippen LogP contribution is -2.43. The number of fused-ring (bicyclic) bond motifs is 3. The normalized spacial score (nSPS) is 17.0. The van der Waals surface area contributed by atoms with Crippen LogP contribution in [-0.2, 0) is 25.7 Å². The fraction of sp³-hybridized carbons (Fsp3) is 0.423. The number of aliphatic imine (C=N–C) groups is 2. The highest BCUT2D eigenvalue weighted by Gasteiger charge is 2.42. The second-order valence-electron chi connectivity index (χ2n) is 8.60. The SMILES string of the molecule is CCC(SC1=Nc2ccccc2C2=NC(CCC(=O)NCc3ccco3)C(=O)N12)C(=O)NCCCOC. The van der Waals surface area contributed by atoms with Crippen molar-refractivity contribution in [3.05, 3.63) is 54.0 Å². The van der Waals surface area contributed by atoms with E-state index in [1.54, 1.807) is 25.5 Å². The highest BCUT2D eigenvalue weighted by atomic mass is 32.2. The van der Waals surface area contributed by atoms with Gasteiger partial charge in [0.1, 0.15) is 17.6 Å². The van der Waals surface area contributed by atoms with Gasteiger partial charge in [0.05, 0.1) is 23.7 Å². The molecular weight excluding hydrogens is 494 g/mol. The van der Waals surface area contributed by atoms with E-state index in [-0.39, 0.29) is 37.1 Å². The molecule has 196 valence electrons. The molecule has 0 bridgehead atoms. The van der Waals surface area contributed by atoms with Crippen molar-refractivity contribution < 1.29 is 23.5 Å². The van der Waals surface area contributed by atoms with Crippen LogP contribution in [0, 0.1) is 0 Å². The number of rotatable bonds is 12. The summed E-state index contributed by atoms with van der Waals surface area (Å²) in [7, 11) is 1.62. The summed E-state index contributed by atoms with van der Waals surface area (Å²) >= 11 is 1.26. The molecule has 2 N–H and O–H groups in total. The van der Waals surface area contributed by atoms with Crippen molar-refractivity contribution in [2.45, 2.75) is 50.4 Å². The van der Waals surface area contributed by atoms with Gasteiger partial charge in [0.25, 0.3) is 5.91 Å². The predicted molar refractivity (Wildman–Crippen MR) is 142 cm³/mol. The summed E-state index contributed by atoms with van der Waals surface area (Å²) in [5, 5.41) is 5.73. The number of furan rings is 1. The number of amidine groups is 2.